The van der Waals surface area contributed by atoms with Gasteiger partial charge < -0.3 is 4.98 Å². The van der Waals surface area contributed by atoms with Crippen molar-refractivity contribution in [2.24, 2.45) is 5.92 Å². The standard InChI is InChI=1S/C16H20N4O/c1-11(2)9-20-8-5-13-14(10-20)18-15(19-16(13)21)12-3-6-17-7-4-12/h3-4,6-7,11H,5,8-10H2,1-2H3,(H,18,19,21). The lowest BCUT2D eigenvalue weighted by molar-refractivity contribution is 0.222. The molecular weight excluding hydrogens is 264 g/mol. The lowest BCUT2D eigenvalue weighted by Gasteiger charge is -2.28. The molecule has 1 N–H and O–H groups in total. The number of aromatic nitrogens is 3. The molecule has 0 bridgehead atoms. The molecule has 0 saturated carbocycles. The van der Waals surface area contributed by atoms with Crippen molar-refractivity contribution < 1.29 is 0 Å². The maximum Gasteiger partial charge on any atom is 0.254 e. The van der Waals surface area contributed by atoms with Gasteiger partial charge in [-0.15, -0.1) is 0 Å². The van der Waals surface area contributed by atoms with Gasteiger partial charge in [-0.3, -0.25) is 14.7 Å². The molecule has 3 heterocycles. The smallest absolute Gasteiger partial charge is 0.254 e. The second-order valence-electron chi connectivity index (χ2n) is 5.95. The number of nitrogens with one attached hydrogen (secondary N) is 1. The van der Waals surface area contributed by atoms with E-state index in [-0.39, 0.29) is 5.56 Å². The largest absolute Gasteiger partial charge is 0.306 e. The van der Waals surface area contributed by atoms with Gasteiger partial charge >= 0.3 is 0 Å². The third-order valence-electron chi connectivity index (χ3n) is 3.73. The lowest BCUT2D eigenvalue weighted by Crippen LogP contribution is -2.37. The maximum atomic E-state index is 12.3. The van der Waals surface area contributed by atoms with Gasteiger partial charge in [0, 0.05) is 43.2 Å². The van der Waals surface area contributed by atoms with E-state index in [1.54, 1.807) is 12.4 Å². The Hall–Kier alpha value is -2.01. The lowest BCUT2D eigenvalue weighted by atomic mass is 10.0. The molecule has 2 aromatic heterocycles. The van der Waals surface area contributed by atoms with Crippen LogP contribution in [0.4, 0.5) is 0 Å². The summed E-state index contributed by atoms with van der Waals surface area (Å²) in [5.74, 6) is 1.25. The normalized spacial score (nSPS) is 15.2. The number of rotatable bonds is 3. The Morgan fingerprint density at radius 2 is 2.10 bits per heavy atom. The summed E-state index contributed by atoms with van der Waals surface area (Å²) in [4.78, 5) is 26.2. The highest BCUT2D eigenvalue weighted by molar-refractivity contribution is 5.54. The molecule has 1 aliphatic rings. The van der Waals surface area contributed by atoms with Crippen LogP contribution in [0.3, 0.4) is 0 Å². The van der Waals surface area contributed by atoms with E-state index in [1.807, 2.05) is 12.1 Å². The van der Waals surface area contributed by atoms with Gasteiger partial charge in [0.1, 0.15) is 5.82 Å². The molecule has 21 heavy (non-hydrogen) atoms. The second-order valence-corrected chi connectivity index (χ2v) is 5.95. The van der Waals surface area contributed by atoms with E-state index in [0.717, 1.165) is 42.9 Å². The Kier molecular flexibility index (Phi) is 3.84. The predicted molar refractivity (Wildman–Crippen MR) is 81.9 cm³/mol. The van der Waals surface area contributed by atoms with Crippen molar-refractivity contribution in [3.63, 3.8) is 0 Å². The molecule has 0 saturated heterocycles. The summed E-state index contributed by atoms with van der Waals surface area (Å²) in [6.07, 6.45) is 4.20. The molecule has 0 aromatic carbocycles. The van der Waals surface area contributed by atoms with Crippen LogP contribution in [0.15, 0.2) is 29.3 Å². The summed E-state index contributed by atoms with van der Waals surface area (Å²) >= 11 is 0. The van der Waals surface area contributed by atoms with Crippen molar-refractivity contribution in [3.8, 4) is 11.4 Å². The monoisotopic (exact) mass is 284 g/mol. The number of pyridine rings is 1. The van der Waals surface area contributed by atoms with Crippen LogP contribution < -0.4 is 5.56 Å². The van der Waals surface area contributed by atoms with Crippen LogP contribution >= 0.6 is 0 Å². The minimum absolute atomic E-state index is 0.00370. The van der Waals surface area contributed by atoms with Crippen molar-refractivity contribution >= 4 is 0 Å². The van der Waals surface area contributed by atoms with Gasteiger partial charge in [0.15, 0.2) is 0 Å². The van der Waals surface area contributed by atoms with Crippen LogP contribution in [-0.2, 0) is 13.0 Å². The molecule has 2 aromatic rings. The first-order valence-corrected chi connectivity index (χ1v) is 7.38. The highest BCUT2D eigenvalue weighted by atomic mass is 16.1. The fourth-order valence-electron chi connectivity index (χ4n) is 2.81. The first-order valence-electron chi connectivity index (χ1n) is 7.38. The number of H-pyrrole nitrogens is 1. The van der Waals surface area contributed by atoms with Crippen molar-refractivity contribution in [3.05, 3.63) is 46.1 Å². The van der Waals surface area contributed by atoms with Crippen LogP contribution in [0.25, 0.3) is 11.4 Å². The Balaban J connectivity index is 1.95. The Morgan fingerprint density at radius 3 is 2.81 bits per heavy atom. The van der Waals surface area contributed by atoms with Gasteiger partial charge in [-0.1, -0.05) is 13.8 Å². The van der Waals surface area contributed by atoms with E-state index >= 15 is 0 Å². The fraction of sp³-hybridized carbons (Fsp3) is 0.438. The molecular formula is C16H20N4O. The van der Waals surface area contributed by atoms with Crippen LogP contribution in [0, 0.1) is 5.92 Å². The molecule has 0 spiro atoms. The van der Waals surface area contributed by atoms with Crippen molar-refractivity contribution in [2.45, 2.75) is 26.8 Å². The van der Waals surface area contributed by atoms with Crippen molar-refractivity contribution in [1.29, 1.82) is 0 Å². The van der Waals surface area contributed by atoms with Gasteiger partial charge in [-0.25, -0.2) is 4.98 Å². The zero-order valence-electron chi connectivity index (χ0n) is 12.5. The van der Waals surface area contributed by atoms with E-state index in [2.05, 4.69) is 33.7 Å². The van der Waals surface area contributed by atoms with Crippen LogP contribution in [0.1, 0.15) is 25.1 Å². The third-order valence-corrected chi connectivity index (χ3v) is 3.73. The van der Waals surface area contributed by atoms with E-state index in [9.17, 15) is 4.79 Å². The number of nitrogens with zero attached hydrogens (tertiary/aromatic N) is 3. The Labute approximate surface area is 124 Å². The maximum absolute atomic E-state index is 12.3. The molecule has 5 nitrogen and oxygen atoms in total. The average Bonchev–Trinajstić information content (AvgIpc) is 2.47. The molecule has 0 atom stereocenters. The van der Waals surface area contributed by atoms with Gasteiger partial charge in [0.05, 0.1) is 5.69 Å². The molecule has 0 radical (unpaired) electrons. The highest BCUT2D eigenvalue weighted by Gasteiger charge is 2.21. The molecule has 1 aliphatic heterocycles. The molecule has 3 rings (SSSR count). The van der Waals surface area contributed by atoms with Crippen molar-refractivity contribution in [1.82, 2.24) is 19.9 Å². The molecule has 5 heteroatoms. The molecule has 0 amide bonds. The zero-order chi connectivity index (χ0) is 14.8. The highest BCUT2D eigenvalue weighted by Crippen LogP contribution is 2.18. The zero-order valence-corrected chi connectivity index (χ0v) is 12.5. The quantitative estimate of drug-likeness (QED) is 0.934. The van der Waals surface area contributed by atoms with Gasteiger partial charge in [-0.2, -0.15) is 0 Å². The fourth-order valence-corrected chi connectivity index (χ4v) is 2.81. The number of hydrogen-bond donors (Lipinski definition) is 1. The predicted octanol–water partition coefficient (Wildman–Crippen LogP) is 1.85. The average molecular weight is 284 g/mol. The number of fused-ring (bicyclic) bond motifs is 1. The first-order chi connectivity index (χ1) is 10.1. The van der Waals surface area contributed by atoms with Crippen LogP contribution in [0.2, 0.25) is 0 Å². The molecule has 0 fully saturated rings. The number of aromatic amines is 1. The van der Waals surface area contributed by atoms with E-state index in [0.29, 0.717) is 11.7 Å². The van der Waals surface area contributed by atoms with Gasteiger partial charge in [-0.05, 0) is 24.5 Å². The molecule has 110 valence electrons. The first kappa shape index (κ1) is 13.9. The number of hydrogen-bond acceptors (Lipinski definition) is 4. The van der Waals surface area contributed by atoms with Crippen LogP contribution in [-0.4, -0.2) is 32.9 Å². The Morgan fingerprint density at radius 1 is 1.33 bits per heavy atom. The molecule has 0 unspecified atom stereocenters. The summed E-state index contributed by atoms with van der Waals surface area (Å²) in [7, 11) is 0. The van der Waals surface area contributed by atoms with Gasteiger partial charge in [0.25, 0.3) is 5.56 Å². The summed E-state index contributed by atoms with van der Waals surface area (Å²) in [6.45, 7) is 7.16. The SMILES string of the molecule is CC(C)CN1CCc2c(nc(-c3ccncc3)[nH]c2=O)C1. The topological polar surface area (TPSA) is 61.9 Å². The third kappa shape index (κ3) is 3.03. The van der Waals surface area contributed by atoms with E-state index < -0.39 is 0 Å². The summed E-state index contributed by atoms with van der Waals surface area (Å²) < 4.78 is 0. The molecule has 0 aliphatic carbocycles. The van der Waals surface area contributed by atoms with E-state index in [4.69, 9.17) is 0 Å². The summed E-state index contributed by atoms with van der Waals surface area (Å²) in [5, 5.41) is 0. The second kappa shape index (κ2) is 5.77. The minimum Gasteiger partial charge on any atom is -0.306 e. The van der Waals surface area contributed by atoms with Crippen molar-refractivity contribution in [2.75, 3.05) is 13.1 Å². The van der Waals surface area contributed by atoms with E-state index in [1.165, 1.54) is 0 Å². The minimum atomic E-state index is -0.00370. The summed E-state index contributed by atoms with van der Waals surface area (Å²) in [5.41, 5.74) is 2.65. The van der Waals surface area contributed by atoms with Crippen LogP contribution in [0.5, 0.6) is 0 Å². The summed E-state index contributed by atoms with van der Waals surface area (Å²) in [6, 6.07) is 3.72. The Bertz CT molecular complexity index is 678. The van der Waals surface area contributed by atoms with Gasteiger partial charge in [0.2, 0.25) is 0 Å².